The number of hydrogen-bond acceptors (Lipinski definition) is 4. The molecule has 1 aromatic heterocycles. The molecule has 104 valence electrons. The van der Waals surface area contributed by atoms with Crippen LogP contribution in [0.3, 0.4) is 0 Å². The van der Waals surface area contributed by atoms with Gasteiger partial charge in [0.15, 0.2) is 0 Å². The molecule has 1 N–H and O–H groups in total. The summed E-state index contributed by atoms with van der Waals surface area (Å²) in [5, 5.41) is 24.0. The highest BCUT2D eigenvalue weighted by molar-refractivity contribution is 9.10. The zero-order valence-electron chi connectivity index (χ0n) is 10.6. The number of aryl methyl sites for hydroxylation is 1. The molecule has 8 heteroatoms. The fraction of sp³-hybridized carbons (Fsp3) is 0.167. The predicted molar refractivity (Wildman–Crippen MR) is 74.4 cm³/mol. The first-order valence-electron chi connectivity index (χ1n) is 5.56. The first-order chi connectivity index (χ1) is 9.32. The molecule has 0 aliphatic carbocycles. The van der Waals surface area contributed by atoms with Gasteiger partial charge >= 0.3 is 5.97 Å². The molecule has 0 fully saturated rings. The number of nitro groups is 1. The molecule has 0 amide bonds. The van der Waals surface area contributed by atoms with Gasteiger partial charge in [0.25, 0.3) is 5.69 Å². The topological polar surface area (TPSA) is 98.3 Å². The van der Waals surface area contributed by atoms with E-state index in [0.29, 0.717) is 21.5 Å². The SMILES string of the molecule is Cc1nn(-c2ccc([N+](=O)[O-])cc2Br)c(C)c1C(=O)O. The van der Waals surface area contributed by atoms with E-state index >= 15 is 0 Å². The second-order valence-electron chi connectivity index (χ2n) is 4.16. The Balaban J connectivity index is 2.61. The number of carboxylic acids is 1. The van der Waals surface area contributed by atoms with Gasteiger partial charge in [-0.05, 0) is 35.8 Å². The number of carboxylic acid groups (broad SMARTS) is 1. The minimum absolute atomic E-state index is 0.0550. The fourth-order valence-electron chi connectivity index (χ4n) is 1.97. The number of carbonyl (C=O) groups is 1. The van der Waals surface area contributed by atoms with E-state index in [1.807, 2.05) is 0 Å². The molecule has 0 radical (unpaired) electrons. The lowest BCUT2D eigenvalue weighted by molar-refractivity contribution is -0.384. The predicted octanol–water partition coefficient (Wildman–Crippen LogP) is 2.86. The monoisotopic (exact) mass is 339 g/mol. The van der Waals surface area contributed by atoms with Crippen LogP contribution in [0.25, 0.3) is 5.69 Å². The zero-order valence-corrected chi connectivity index (χ0v) is 12.2. The van der Waals surface area contributed by atoms with Crippen LogP contribution in [0.5, 0.6) is 0 Å². The fourth-order valence-corrected chi connectivity index (χ4v) is 2.50. The number of non-ortho nitro benzene ring substituents is 1. The van der Waals surface area contributed by atoms with Gasteiger partial charge in [-0.2, -0.15) is 5.10 Å². The maximum Gasteiger partial charge on any atom is 0.339 e. The number of aromatic carboxylic acids is 1. The molecule has 0 atom stereocenters. The van der Waals surface area contributed by atoms with Crippen molar-refractivity contribution in [2.24, 2.45) is 0 Å². The normalized spacial score (nSPS) is 10.6. The minimum atomic E-state index is -1.05. The summed E-state index contributed by atoms with van der Waals surface area (Å²) in [6.45, 7) is 3.24. The Morgan fingerprint density at radius 2 is 2.10 bits per heavy atom. The van der Waals surface area contributed by atoms with E-state index in [1.54, 1.807) is 13.8 Å². The van der Waals surface area contributed by atoms with Gasteiger partial charge in [-0.25, -0.2) is 9.48 Å². The second-order valence-corrected chi connectivity index (χ2v) is 5.01. The van der Waals surface area contributed by atoms with Crippen LogP contribution in [0.15, 0.2) is 22.7 Å². The van der Waals surface area contributed by atoms with E-state index in [1.165, 1.54) is 22.9 Å². The van der Waals surface area contributed by atoms with Crippen LogP contribution in [0.2, 0.25) is 0 Å². The van der Waals surface area contributed by atoms with Gasteiger partial charge in [-0.1, -0.05) is 0 Å². The highest BCUT2D eigenvalue weighted by Crippen LogP contribution is 2.28. The smallest absolute Gasteiger partial charge is 0.339 e. The number of halogens is 1. The minimum Gasteiger partial charge on any atom is -0.478 e. The third kappa shape index (κ3) is 2.29. The summed E-state index contributed by atoms with van der Waals surface area (Å²) < 4.78 is 1.92. The molecule has 0 saturated carbocycles. The van der Waals surface area contributed by atoms with Crippen LogP contribution in [-0.4, -0.2) is 25.8 Å². The third-order valence-corrected chi connectivity index (χ3v) is 3.51. The summed E-state index contributed by atoms with van der Waals surface area (Å²) in [5.74, 6) is -1.05. The van der Waals surface area contributed by atoms with Crippen molar-refractivity contribution in [2.45, 2.75) is 13.8 Å². The number of nitrogens with zero attached hydrogens (tertiary/aromatic N) is 3. The molecule has 1 aromatic carbocycles. The summed E-state index contributed by atoms with van der Waals surface area (Å²) in [6, 6.07) is 4.22. The summed E-state index contributed by atoms with van der Waals surface area (Å²) in [5.41, 5.74) is 1.48. The lowest BCUT2D eigenvalue weighted by atomic mass is 10.2. The Labute approximate surface area is 122 Å². The van der Waals surface area contributed by atoms with E-state index in [4.69, 9.17) is 5.11 Å². The van der Waals surface area contributed by atoms with E-state index in [9.17, 15) is 14.9 Å². The van der Waals surface area contributed by atoms with Gasteiger partial charge < -0.3 is 5.11 Å². The van der Waals surface area contributed by atoms with Crippen LogP contribution in [0.1, 0.15) is 21.7 Å². The molecule has 1 heterocycles. The first kappa shape index (κ1) is 14.2. The summed E-state index contributed by atoms with van der Waals surface area (Å²) in [6.07, 6.45) is 0. The molecule has 7 nitrogen and oxygen atoms in total. The van der Waals surface area contributed by atoms with Crippen molar-refractivity contribution >= 4 is 27.6 Å². The Morgan fingerprint density at radius 3 is 2.55 bits per heavy atom. The molecule has 0 saturated heterocycles. The number of nitro benzene ring substituents is 1. The highest BCUT2D eigenvalue weighted by atomic mass is 79.9. The van der Waals surface area contributed by atoms with Gasteiger partial charge in [0.2, 0.25) is 0 Å². The van der Waals surface area contributed by atoms with Crippen molar-refractivity contribution in [3.8, 4) is 5.69 Å². The number of benzene rings is 1. The maximum atomic E-state index is 11.2. The van der Waals surface area contributed by atoms with Crippen molar-refractivity contribution in [3.63, 3.8) is 0 Å². The summed E-state index contributed by atoms with van der Waals surface area (Å²) in [7, 11) is 0. The molecule has 2 rings (SSSR count). The first-order valence-corrected chi connectivity index (χ1v) is 6.36. The molecular weight excluding hydrogens is 330 g/mol. The van der Waals surface area contributed by atoms with Gasteiger partial charge in [0, 0.05) is 12.1 Å². The molecular formula is C12H10BrN3O4. The Morgan fingerprint density at radius 1 is 1.45 bits per heavy atom. The van der Waals surface area contributed by atoms with Crippen LogP contribution in [0, 0.1) is 24.0 Å². The van der Waals surface area contributed by atoms with Crippen LogP contribution < -0.4 is 0 Å². The Kier molecular flexibility index (Phi) is 3.58. The molecule has 0 aliphatic rings. The molecule has 0 unspecified atom stereocenters. The van der Waals surface area contributed by atoms with Crippen molar-refractivity contribution in [2.75, 3.05) is 0 Å². The van der Waals surface area contributed by atoms with E-state index in [2.05, 4.69) is 21.0 Å². The van der Waals surface area contributed by atoms with E-state index in [-0.39, 0.29) is 11.3 Å². The quantitative estimate of drug-likeness (QED) is 0.684. The van der Waals surface area contributed by atoms with Crippen LogP contribution in [0.4, 0.5) is 5.69 Å². The van der Waals surface area contributed by atoms with Gasteiger partial charge in [-0.3, -0.25) is 10.1 Å². The van der Waals surface area contributed by atoms with Crippen LogP contribution in [-0.2, 0) is 0 Å². The van der Waals surface area contributed by atoms with Crippen LogP contribution >= 0.6 is 15.9 Å². The molecule has 0 aliphatic heterocycles. The Bertz CT molecular complexity index is 724. The number of aromatic nitrogens is 2. The van der Waals surface area contributed by atoms with Gasteiger partial charge in [0.05, 0.1) is 26.5 Å². The van der Waals surface area contributed by atoms with Gasteiger partial charge in [-0.15, -0.1) is 0 Å². The highest BCUT2D eigenvalue weighted by Gasteiger charge is 2.20. The van der Waals surface area contributed by atoms with E-state index < -0.39 is 10.9 Å². The average molecular weight is 340 g/mol. The summed E-state index contributed by atoms with van der Waals surface area (Å²) >= 11 is 3.24. The number of hydrogen-bond donors (Lipinski definition) is 1. The molecule has 20 heavy (non-hydrogen) atoms. The summed E-state index contributed by atoms with van der Waals surface area (Å²) in [4.78, 5) is 21.4. The Hall–Kier alpha value is -2.22. The standard InChI is InChI=1S/C12H10BrN3O4/c1-6-11(12(17)18)7(2)15(14-6)10-4-3-8(16(19)20)5-9(10)13/h3-5H,1-2H3,(H,17,18). The molecule has 0 bridgehead atoms. The van der Waals surface area contributed by atoms with Crippen molar-refractivity contribution in [3.05, 3.63) is 49.7 Å². The zero-order chi connectivity index (χ0) is 15.0. The van der Waals surface area contributed by atoms with E-state index in [0.717, 1.165) is 0 Å². The third-order valence-electron chi connectivity index (χ3n) is 2.88. The molecule has 2 aromatic rings. The van der Waals surface area contributed by atoms with Crippen molar-refractivity contribution in [1.29, 1.82) is 0 Å². The lowest BCUT2D eigenvalue weighted by Gasteiger charge is -2.07. The number of rotatable bonds is 3. The second kappa shape index (κ2) is 5.04. The van der Waals surface area contributed by atoms with Crippen molar-refractivity contribution < 1.29 is 14.8 Å². The van der Waals surface area contributed by atoms with Crippen molar-refractivity contribution in [1.82, 2.24) is 9.78 Å². The molecule has 0 spiro atoms. The largest absolute Gasteiger partial charge is 0.478 e. The average Bonchev–Trinajstić information content (AvgIpc) is 2.64. The van der Waals surface area contributed by atoms with Gasteiger partial charge in [0.1, 0.15) is 5.56 Å². The maximum absolute atomic E-state index is 11.2. The lowest BCUT2D eigenvalue weighted by Crippen LogP contribution is -2.03.